The van der Waals surface area contributed by atoms with Gasteiger partial charge < -0.3 is 19.1 Å². The number of methoxy groups -OCH3 is 1. The second-order valence-corrected chi connectivity index (χ2v) is 6.48. The molecule has 0 aromatic heterocycles. The SMILES string of the molecule is CCOC1CN(C)CC(C)C1c1ccc(OCCCOC)cc1. The summed E-state index contributed by atoms with van der Waals surface area (Å²) in [5, 5.41) is 0. The fourth-order valence-corrected chi connectivity index (χ4v) is 3.56. The zero-order valence-corrected chi connectivity index (χ0v) is 15.0. The van der Waals surface area contributed by atoms with Crippen molar-refractivity contribution < 1.29 is 14.2 Å². The largest absolute Gasteiger partial charge is 0.494 e. The smallest absolute Gasteiger partial charge is 0.119 e. The van der Waals surface area contributed by atoms with E-state index in [0.717, 1.165) is 38.5 Å². The number of piperidine rings is 1. The van der Waals surface area contributed by atoms with Crippen molar-refractivity contribution in [3.63, 3.8) is 0 Å². The predicted molar refractivity (Wildman–Crippen MR) is 93.2 cm³/mol. The van der Waals surface area contributed by atoms with Gasteiger partial charge in [0, 0.05) is 45.8 Å². The Bertz CT molecular complexity index is 448. The molecule has 0 amide bonds. The van der Waals surface area contributed by atoms with Gasteiger partial charge in [-0.2, -0.15) is 0 Å². The molecule has 1 aromatic rings. The Labute approximate surface area is 140 Å². The Kier molecular flexibility index (Phi) is 7.34. The molecular weight excluding hydrogens is 290 g/mol. The third kappa shape index (κ3) is 5.20. The molecule has 0 radical (unpaired) electrons. The quantitative estimate of drug-likeness (QED) is 0.688. The minimum absolute atomic E-state index is 0.266. The van der Waals surface area contributed by atoms with E-state index in [1.54, 1.807) is 7.11 Å². The van der Waals surface area contributed by atoms with Gasteiger partial charge in [0.1, 0.15) is 5.75 Å². The van der Waals surface area contributed by atoms with Crippen molar-refractivity contribution in [3.8, 4) is 5.75 Å². The molecule has 0 spiro atoms. The maximum absolute atomic E-state index is 6.03. The highest BCUT2D eigenvalue weighted by atomic mass is 16.5. The summed E-state index contributed by atoms with van der Waals surface area (Å²) in [4.78, 5) is 2.37. The molecule has 0 aliphatic carbocycles. The number of likely N-dealkylation sites (tertiary alicyclic amines) is 1. The van der Waals surface area contributed by atoms with Crippen LogP contribution in [0.25, 0.3) is 0 Å². The maximum atomic E-state index is 6.03. The van der Waals surface area contributed by atoms with E-state index in [0.29, 0.717) is 18.4 Å². The predicted octanol–water partition coefficient (Wildman–Crippen LogP) is 3.17. The second kappa shape index (κ2) is 9.26. The van der Waals surface area contributed by atoms with E-state index in [1.165, 1.54) is 5.56 Å². The Hall–Kier alpha value is -1.10. The van der Waals surface area contributed by atoms with Crippen LogP contribution in [0.2, 0.25) is 0 Å². The van der Waals surface area contributed by atoms with Crippen LogP contribution < -0.4 is 4.74 Å². The van der Waals surface area contributed by atoms with Gasteiger partial charge in [0.2, 0.25) is 0 Å². The summed E-state index contributed by atoms with van der Waals surface area (Å²) < 4.78 is 16.8. The normalized spacial score (nSPS) is 25.5. The third-order valence-electron chi connectivity index (χ3n) is 4.51. The fourth-order valence-electron chi connectivity index (χ4n) is 3.56. The van der Waals surface area contributed by atoms with Crippen LogP contribution in [0.3, 0.4) is 0 Å². The zero-order chi connectivity index (χ0) is 16.7. The van der Waals surface area contributed by atoms with Crippen LogP contribution >= 0.6 is 0 Å². The molecule has 23 heavy (non-hydrogen) atoms. The molecule has 0 bridgehead atoms. The second-order valence-electron chi connectivity index (χ2n) is 6.48. The van der Waals surface area contributed by atoms with Gasteiger partial charge in [0.15, 0.2) is 0 Å². The highest BCUT2D eigenvalue weighted by Gasteiger charge is 2.34. The van der Waals surface area contributed by atoms with Gasteiger partial charge in [-0.15, -0.1) is 0 Å². The van der Waals surface area contributed by atoms with Crippen LogP contribution in [0.1, 0.15) is 31.7 Å². The van der Waals surface area contributed by atoms with E-state index in [1.807, 2.05) is 0 Å². The van der Waals surface area contributed by atoms with E-state index in [4.69, 9.17) is 14.2 Å². The van der Waals surface area contributed by atoms with Gasteiger partial charge in [-0.25, -0.2) is 0 Å². The van der Waals surface area contributed by atoms with Crippen LogP contribution in [0.5, 0.6) is 5.75 Å². The van der Waals surface area contributed by atoms with Crippen LogP contribution in [-0.2, 0) is 9.47 Å². The number of ether oxygens (including phenoxy) is 3. The van der Waals surface area contributed by atoms with E-state index in [2.05, 4.69) is 50.1 Å². The van der Waals surface area contributed by atoms with Gasteiger partial charge in [0.05, 0.1) is 12.7 Å². The summed E-state index contributed by atoms with van der Waals surface area (Å²) in [5.74, 6) is 1.96. The summed E-state index contributed by atoms with van der Waals surface area (Å²) >= 11 is 0. The van der Waals surface area contributed by atoms with Gasteiger partial charge in [-0.1, -0.05) is 19.1 Å². The Morgan fingerprint density at radius 3 is 2.52 bits per heavy atom. The third-order valence-corrected chi connectivity index (χ3v) is 4.51. The molecule has 0 N–H and O–H groups in total. The van der Waals surface area contributed by atoms with Crippen molar-refractivity contribution in [2.75, 3.05) is 47.1 Å². The number of rotatable bonds is 8. The summed E-state index contributed by atoms with van der Waals surface area (Å²) in [6.45, 7) is 8.71. The van der Waals surface area contributed by atoms with Crippen LogP contribution in [0.4, 0.5) is 0 Å². The van der Waals surface area contributed by atoms with Gasteiger partial charge in [-0.05, 0) is 37.6 Å². The van der Waals surface area contributed by atoms with E-state index >= 15 is 0 Å². The van der Waals surface area contributed by atoms with Gasteiger partial charge in [-0.3, -0.25) is 0 Å². The Morgan fingerprint density at radius 1 is 1.13 bits per heavy atom. The molecule has 3 unspecified atom stereocenters. The first-order valence-electron chi connectivity index (χ1n) is 8.67. The Balaban J connectivity index is 2.01. The highest BCUT2D eigenvalue weighted by Crippen LogP contribution is 2.35. The molecule has 3 atom stereocenters. The van der Waals surface area contributed by atoms with Crippen molar-refractivity contribution >= 4 is 0 Å². The molecule has 1 aromatic carbocycles. The average molecular weight is 321 g/mol. The van der Waals surface area contributed by atoms with Crippen molar-refractivity contribution in [1.29, 1.82) is 0 Å². The summed E-state index contributed by atoms with van der Waals surface area (Å²) in [5.41, 5.74) is 1.35. The molecule has 1 aliphatic rings. The lowest BCUT2D eigenvalue weighted by Crippen LogP contribution is -2.46. The standard InChI is InChI=1S/C19H31NO3/c1-5-22-18-14-20(3)13-15(2)19(18)16-7-9-17(10-8-16)23-12-6-11-21-4/h7-10,15,18-19H,5-6,11-14H2,1-4H3. The Morgan fingerprint density at radius 2 is 1.87 bits per heavy atom. The van der Waals surface area contributed by atoms with Gasteiger partial charge in [0.25, 0.3) is 0 Å². The fraction of sp³-hybridized carbons (Fsp3) is 0.684. The van der Waals surface area contributed by atoms with Crippen molar-refractivity contribution in [2.24, 2.45) is 5.92 Å². The van der Waals surface area contributed by atoms with E-state index in [9.17, 15) is 0 Å². The maximum Gasteiger partial charge on any atom is 0.119 e. The first kappa shape index (κ1) is 18.2. The lowest BCUT2D eigenvalue weighted by molar-refractivity contribution is -0.0213. The summed E-state index contributed by atoms with van der Waals surface area (Å²) in [6.07, 6.45) is 1.18. The van der Waals surface area contributed by atoms with Gasteiger partial charge >= 0.3 is 0 Å². The lowest BCUT2D eigenvalue weighted by atomic mass is 9.79. The molecule has 4 nitrogen and oxygen atoms in total. The molecule has 130 valence electrons. The summed E-state index contributed by atoms with van der Waals surface area (Å²) in [7, 11) is 3.89. The minimum Gasteiger partial charge on any atom is -0.494 e. The summed E-state index contributed by atoms with van der Waals surface area (Å²) in [6, 6.07) is 8.56. The minimum atomic E-state index is 0.266. The number of benzene rings is 1. The first-order chi connectivity index (χ1) is 11.2. The molecular formula is C19H31NO3. The number of nitrogens with zero attached hydrogens (tertiary/aromatic N) is 1. The zero-order valence-electron chi connectivity index (χ0n) is 15.0. The molecule has 1 saturated heterocycles. The molecule has 0 saturated carbocycles. The lowest BCUT2D eigenvalue weighted by Gasteiger charge is -2.41. The molecule has 4 heteroatoms. The van der Waals surface area contributed by atoms with E-state index in [-0.39, 0.29) is 6.10 Å². The van der Waals surface area contributed by atoms with Crippen molar-refractivity contribution in [3.05, 3.63) is 29.8 Å². The van der Waals surface area contributed by atoms with E-state index < -0.39 is 0 Å². The van der Waals surface area contributed by atoms with Crippen LogP contribution in [-0.4, -0.2) is 58.1 Å². The van der Waals surface area contributed by atoms with Crippen LogP contribution in [0.15, 0.2) is 24.3 Å². The number of hydrogen-bond acceptors (Lipinski definition) is 4. The number of likely N-dealkylation sites (N-methyl/N-ethyl adjacent to an activating group) is 1. The molecule has 1 fully saturated rings. The van der Waals surface area contributed by atoms with Crippen molar-refractivity contribution in [1.82, 2.24) is 4.90 Å². The number of hydrogen-bond donors (Lipinski definition) is 0. The molecule has 1 aliphatic heterocycles. The average Bonchev–Trinajstić information content (AvgIpc) is 2.52. The topological polar surface area (TPSA) is 30.9 Å². The highest BCUT2D eigenvalue weighted by molar-refractivity contribution is 5.31. The van der Waals surface area contributed by atoms with Crippen molar-refractivity contribution in [2.45, 2.75) is 32.3 Å². The molecule has 1 heterocycles. The monoisotopic (exact) mass is 321 g/mol. The van der Waals surface area contributed by atoms with Crippen LogP contribution in [0, 0.1) is 5.92 Å². The molecule has 2 rings (SSSR count). The first-order valence-corrected chi connectivity index (χ1v) is 8.67.